The number of likely N-dealkylation sites (N-methyl/N-ethyl adjacent to an activating group) is 1. The van der Waals surface area contributed by atoms with Crippen molar-refractivity contribution >= 4 is 11.9 Å². The van der Waals surface area contributed by atoms with Crippen molar-refractivity contribution in [1.82, 2.24) is 9.80 Å². The van der Waals surface area contributed by atoms with E-state index >= 15 is 0 Å². The van der Waals surface area contributed by atoms with Crippen LogP contribution in [0.1, 0.15) is 12.8 Å². The summed E-state index contributed by atoms with van der Waals surface area (Å²) in [4.78, 5) is 25.1. The summed E-state index contributed by atoms with van der Waals surface area (Å²) in [5.41, 5.74) is 0. The molecule has 0 unspecified atom stereocenters. The summed E-state index contributed by atoms with van der Waals surface area (Å²) in [5.74, 6) is -1.74. The molecule has 1 aliphatic heterocycles. The third-order valence-electron chi connectivity index (χ3n) is 2.90. The molecule has 0 aromatic heterocycles. The average Bonchev–Trinajstić information content (AvgIpc) is 2.20. The zero-order chi connectivity index (χ0) is 11.4. The summed E-state index contributed by atoms with van der Waals surface area (Å²) in [7, 11) is 3.62. The van der Waals surface area contributed by atoms with Crippen LogP contribution in [0.25, 0.3) is 0 Å². The number of piperidine rings is 1. The van der Waals surface area contributed by atoms with Gasteiger partial charge in [0.15, 0.2) is 0 Å². The van der Waals surface area contributed by atoms with E-state index in [9.17, 15) is 9.59 Å². The number of hydrogen-bond acceptors (Lipinski definition) is 3. The number of rotatable bonds is 2. The summed E-state index contributed by atoms with van der Waals surface area (Å²) in [6, 6.07) is 0. The highest BCUT2D eigenvalue weighted by molar-refractivity contribution is 6.31. The second kappa shape index (κ2) is 5.11. The third-order valence-corrected chi connectivity index (χ3v) is 2.90. The van der Waals surface area contributed by atoms with Crippen LogP contribution in [0.2, 0.25) is 0 Å². The van der Waals surface area contributed by atoms with Crippen LogP contribution in [0, 0.1) is 5.92 Å². The normalized spacial score (nSPS) is 18.8. The number of carboxylic acid groups (broad SMARTS) is 1. The Kier molecular flexibility index (Phi) is 4.08. The van der Waals surface area contributed by atoms with Gasteiger partial charge in [-0.15, -0.1) is 0 Å². The largest absolute Gasteiger partial charge is 0.474 e. The van der Waals surface area contributed by atoms with E-state index in [0.717, 1.165) is 25.9 Å². The number of carboxylic acids is 1. The van der Waals surface area contributed by atoms with Crippen LogP contribution in [-0.4, -0.2) is 60.5 Å². The molecule has 5 heteroatoms. The average molecular weight is 214 g/mol. The van der Waals surface area contributed by atoms with Gasteiger partial charge in [0, 0.05) is 13.6 Å². The molecule has 0 atom stereocenters. The molecule has 0 aliphatic carbocycles. The minimum absolute atomic E-state index is 0.439. The molecular weight excluding hydrogens is 196 g/mol. The van der Waals surface area contributed by atoms with Gasteiger partial charge < -0.3 is 14.9 Å². The van der Waals surface area contributed by atoms with Crippen molar-refractivity contribution in [3.05, 3.63) is 0 Å². The van der Waals surface area contributed by atoms with Crippen LogP contribution in [0.15, 0.2) is 0 Å². The topological polar surface area (TPSA) is 60.9 Å². The van der Waals surface area contributed by atoms with Crippen LogP contribution >= 0.6 is 0 Å². The number of amides is 1. The first-order valence-corrected chi connectivity index (χ1v) is 5.17. The molecule has 1 aliphatic rings. The van der Waals surface area contributed by atoms with Crippen LogP contribution in [0.5, 0.6) is 0 Å². The molecule has 0 aromatic rings. The molecule has 86 valence electrons. The van der Waals surface area contributed by atoms with Crippen molar-refractivity contribution in [1.29, 1.82) is 0 Å². The molecule has 0 saturated carbocycles. The van der Waals surface area contributed by atoms with Gasteiger partial charge in [0.1, 0.15) is 0 Å². The van der Waals surface area contributed by atoms with Crippen molar-refractivity contribution in [3.8, 4) is 0 Å². The second-order valence-electron chi connectivity index (χ2n) is 4.24. The molecule has 1 rings (SSSR count). The van der Waals surface area contributed by atoms with E-state index < -0.39 is 11.9 Å². The molecule has 1 amide bonds. The van der Waals surface area contributed by atoms with Gasteiger partial charge >= 0.3 is 11.9 Å². The van der Waals surface area contributed by atoms with Crippen molar-refractivity contribution in [2.75, 3.05) is 33.7 Å². The maximum Gasteiger partial charge on any atom is 0.394 e. The first-order valence-electron chi connectivity index (χ1n) is 5.17. The lowest BCUT2D eigenvalue weighted by molar-refractivity contribution is -0.155. The highest BCUT2D eigenvalue weighted by Crippen LogP contribution is 2.16. The van der Waals surface area contributed by atoms with Crippen molar-refractivity contribution in [2.45, 2.75) is 12.8 Å². The summed E-state index contributed by atoms with van der Waals surface area (Å²) in [5, 5.41) is 8.52. The Hall–Kier alpha value is -1.10. The maximum atomic E-state index is 11.1. The molecule has 1 fully saturated rings. The minimum Gasteiger partial charge on any atom is -0.474 e. The lowest BCUT2D eigenvalue weighted by Crippen LogP contribution is -2.40. The van der Waals surface area contributed by atoms with E-state index in [2.05, 4.69) is 11.9 Å². The van der Waals surface area contributed by atoms with Gasteiger partial charge in [-0.25, -0.2) is 4.79 Å². The summed E-state index contributed by atoms with van der Waals surface area (Å²) in [6.07, 6.45) is 2.07. The fraction of sp³-hybridized carbons (Fsp3) is 0.800. The number of hydrogen-bond donors (Lipinski definition) is 1. The van der Waals surface area contributed by atoms with Gasteiger partial charge in [-0.1, -0.05) is 0 Å². The first kappa shape index (κ1) is 12.0. The Morgan fingerprint density at radius 2 is 1.93 bits per heavy atom. The van der Waals surface area contributed by atoms with Gasteiger partial charge in [0.25, 0.3) is 0 Å². The van der Waals surface area contributed by atoms with Crippen molar-refractivity contribution in [3.63, 3.8) is 0 Å². The first-order chi connectivity index (χ1) is 7.00. The van der Waals surface area contributed by atoms with E-state index in [1.54, 1.807) is 7.05 Å². The lowest BCUT2D eigenvalue weighted by Gasteiger charge is -2.31. The third kappa shape index (κ3) is 3.51. The Balaban J connectivity index is 2.35. The predicted octanol–water partition coefficient (Wildman–Crippen LogP) is -0.129. The molecule has 15 heavy (non-hydrogen) atoms. The van der Waals surface area contributed by atoms with Gasteiger partial charge in [0.05, 0.1) is 0 Å². The highest BCUT2D eigenvalue weighted by Gasteiger charge is 2.23. The molecule has 0 bridgehead atoms. The minimum atomic E-state index is -1.37. The van der Waals surface area contributed by atoms with E-state index in [-0.39, 0.29) is 0 Å². The van der Waals surface area contributed by atoms with Gasteiger partial charge in [0.2, 0.25) is 0 Å². The molecule has 0 radical (unpaired) electrons. The summed E-state index contributed by atoms with van der Waals surface area (Å²) < 4.78 is 0. The van der Waals surface area contributed by atoms with Crippen LogP contribution in [-0.2, 0) is 9.59 Å². The number of likely N-dealkylation sites (tertiary alicyclic amines) is 1. The van der Waals surface area contributed by atoms with Crippen LogP contribution in [0.3, 0.4) is 0 Å². The fourth-order valence-electron chi connectivity index (χ4n) is 1.88. The Labute approximate surface area is 89.7 Å². The predicted molar refractivity (Wildman–Crippen MR) is 55.5 cm³/mol. The lowest BCUT2D eigenvalue weighted by atomic mass is 9.97. The molecule has 1 N–H and O–H groups in total. The molecule has 0 spiro atoms. The highest BCUT2D eigenvalue weighted by atomic mass is 16.4. The summed E-state index contributed by atoms with van der Waals surface area (Å²) >= 11 is 0. The van der Waals surface area contributed by atoms with Crippen LogP contribution in [0.4, 0.5) is 0 Å². The van der Waals surface area contributed by atoms with Gasteiger partial charge in [-0.3, -0.25) is 4.79 Å². The van der Waals surface area contributed by atoms with Crippen molar-refractivity contribution < 1.29 is 14.7 Å². The molecule has 0 aromatic carbocycles. The molecule has 1 heterocycles. The van der Waals surface area contributed by atoms with Gasteiger partial charge in [-0.2, -0.15) is 0 Å². The quantitative estimate of drug-likeness (QED) is 0.651. The second-order valence-corrected chi connectivity index (χ2v) is 4.24. The standard InChI is InChI=1S/C10H18N2O3/c1-11-5-3-8(4-6-11)7-12(2)9(13)10(14)15/h8H,3-7H2,1-2H3,(H,14,15). The number of aliphatic carboxylic acids is 1. The monoisotopic (exact) mass is 214 g/mol. The molecular formula is C10H18N2O3. The maximum absolute atomic E-state index is 11.1. The number of nitrogens with zero attached hydrogens (tertiary/aromatic N) is 2. The Morgan fingerprint density at radius 3 is 2.40 bits per heavy atom. The Morgan fingerprint density at radius 1 is 1.40 bits per heavy atom. The number of carbonyl (C=O) groups is 2. The van der Waals surface area contributed by atoms with E-state index in [1.165, 1.54) is 4.90 Å². The zero-order valence-electron chi connectivity index (χ0n) is 9.27. The Bertz CT molecular complexity index is 247. The zero-order valence-corrected chi connectivity index (χ0v) is 9.27. The van der Waals surface area contributed by atoms with Crippen LogP contribution < -0.4 is 0 Å². The summed E-state index contributed by atoms with van der Waals surface area (Å²) in [6.45, 7) is 2.61. The number of carbonyl (C=O) groups excluding carboxylic acids is 1. The molecule has 1 saturated heterocycles. The fourth-order valence-corrected chi connectivity index (χ4v) is 1.88. The SMILES string of the molecule is CN1CCC(CN(C)C(=O)C(=O)O)CC1. The van der Waals surface area contributed by atoms with Gasteiger partial charge in [-0.05, 0) is 38.9 Å². The van der Waals surface area contributed by atoms with Crippen molar-refractivity contribution in [2.24, 2.45) is 5.92 Å². The van der Waals surface area contributed by atoms with E-state index in [4.69, 9.17) is 5.11 Å². The van der Waals surface area contributed by atoms with E-state index in [1.807, 2.05) is 0 Å². The molecule has 5 nitrogen and oxygen atoms in total. The van der Waals surface area contributed by atoms with E-state index in [0.29, 0.717) is 12.5 Å². The smallest absolute Gasteiger partial charge is 0.394 e.